The first-order valence-corrected chi connectivity index (χ1v) is 9.43. The molecule has 0 spiro atoms. The van der Waals surface area contributed by atoms with Gasteiger partial charge in [-0.05, 0) is 57.7 Å². The van der Waals surface area contributed by atoms with Crippen LogP contribution in [0.15, 0.2) is 23.6 Å². The first kappa shape index (κ1) is 17.7. The molecule has 0 radical (unpaired) electrons. The number of nitrogens with zero attached hydrogens (tertiary/aromatic N) is 1. The Morgan fingerprint density at radius 3 is 2.64 bits per heavy atom. The Hall–Kier alpha value is -2.08. The fourth-order valence-corrected chi connectivity index (χ4v) is 3.65. The van der Waals surface area contributed by atoms with Crippen molar-refractivity contribution in [3.63, 3.8) is 0 Å². The predicted molar refractivity (Wildman–Crippen MR) is 98.5 cm³/mol. The highest BCUT2D eigenvalue weighted by Crippen LogP contribution is 2.42. The molecule has 1 fully saturated rings. The topological polar surface area (TPSA) is 60.5 Å². The van der Waals surface area contributed by atoms with E-state index in [1.165, 1.54) is 0 Å². The van der Waals surface area contributed by atoms with Crippen molar-refractivity contribution in [2.24, 2.45) is 5.92 Å². The third-order valence-electron chi connectivity index (χ3n) is 4.07. The van der Waals surface area contributed by atoms with Crippen molar-refractivity contribution in [2.75, 3.05) is 7.11 Å². The number of carbonyl (C=O) groups is 1. The number of amides is 1. The molecule has 6 heteroatoms. The van der Waals surface area contributed by atoms with Crippen molar-refractivity contribution in [1.82, 2.24) is 10.3 Å². The summed E-state index contributed by atoms with van der Waals surface area (Å²) in [5.74, 6) is 1.58. The minimum atomic E-state index is -0.112. The van der Waals surface area contributed by atoms with Crippen molar-refractivity contribution < 1.29 is 14.3 Å². The molecule has 0 aliphatic heterocycles. The lowest BCUT2D eigenvalue weighted by atomic mass is 10.1. The van der Waals surface area contributed by atoms with E-state index in [1.54, 1.807) is 36.6 Å². The van der Waals surface area contributed by atoms with E-state index < -0.39 is 0 Å². The highest BCUT2D eigenvalue weighted by molar-refractivity contribution is 7.09. The normalized spacial score (nSPS) is 15.1. The Morgan fingerprint density at radius 1 is 1.32 bits per heavy atom. The van der Waals surface area contributed by atoms with E-state index in [9.17, 15) is 4.79 Å². The van der Waals surface area contributed by atoms with Gasteiger partial charge in [0, 0.05) is 16.6 Å². The van der Waals surface area contributed by atoms with Gasteiger partial charge in [0.1, 0.15) is 5.01 Å². The van der Waals surface area contributed by atoms with Gasteiger partial charge in [-0.25, -0.2) is 4.98 Å². The van der Waals surface area contributed by atoms with Crippen LogP contribution in [-0.4, -0.2) is 24.1 Å². The molecule has 1 amide bonds. The quantitative estimate of drug-likeness (QED) is 0.806. The lowest BCUT2D eigenvalue weighted by Crippen LogP contribution is -2.29. The Morgan fingerprint density at radius 2 is 2.08 bits per heavy atom. The molecule has 2 aromatic rings. The second-order valence-electron chi connectivity index (χ2n) is 6.65. The Kier molecular flexibility index (Phi) is 5.27. The van der Waals surface area contributed by atoms with Gasteiger partial charge in [-0.1, -0.05) is 0 Å². The summed E-state index contributed by atoms with van der Waals surface area (Å²) >= 11 is 1.61. The minimum absolute atomic E-state index is 0.0104. The second-order valence-corrected chi connectivity index (χ2v) is 7.54. The van der Waals surface area contributed by atoms with Crippen LogP contribution in [0.4, 0.5) is 0 Å². The van der Waals surface area contributed by atoms with Crippen LogP contribution < -0.4 is 14.8 Å². The van der Waals surface area contributed by atoms with Gasteiger partial charge in [0.05, 0.1) is 19.3 Å². The van der Waals surface area contributed by atoms with Gasteiger partial charge in [0.15, 0.2) is 11.5 Å². The van der Waals surface area contributed by atoms with E-state index in [2.05, 4.69) is 10.3 Å². The maximum atomic E-state index is 12.7. The zero-order valence-electron chi connectivity index (χ0n) is 15.0. The minimum Gasteiger partial charge on any atom is -0.493 e. The first-order valence-electron chi connectivity index (χ1n) is 8.55. The van der Waals surface area contributed by atoms with E-state index in [0.717, 1.165) is 23.5 Å². The average molecular weight is 360 g/mol. The number of aryl methyl sites for hydroxylation is 1. The third-order valence-corrected chi connectivity index (χ3v) is 5.12. The van der Waals surface area contributed by atoms with E-state index in [-0.39, 0.29) is 18.1 Å². The Labute approximate surface area is 152 Å². The smallest absolute Gasteiger partial charge is 0.251 e. The summed E-state index contributed by atoms with van der Waals surface area (Å²) < 4.78 is 11.1. The van der Waals surface area contributed by atoms with Crippen LogP contribution in [-0.2, 0) is 0 Å². The monoisotopic (exact) mass is 360 g/mol. The summed E-state index contributed by atoms with van der Waals surface area (Å²) in [4.78, 5) is 17.3. The number of hydrogen-bond acceptors (Lipinski definition) is 5. The highest BCUT2D eigenvalue weighted by Gasteiger charge is 2.35. The number of ether oxygens (including phenoxy) is 2. The van der Waals surface area contributed by atoms with Gasteiger partial charge >= 0.3 is 0 Å². The van der Waals surface area contributed by atoms with Crippen LogP contribution in [0.2, 0.25) is 0 Å². The van der Waals surface area contributed by atoms with Gasteiger partial charge in [-0.15, -0.1) is 11.3 Å². The van der Waals surface area contributed by atoms with Gasteiger partial charge in [0.2, 0.25) is 0 Å². The molecule has 1 aromatic carbocycles. The zero-order chi connectivity index (χ0) is 18.0. The number of benzene rings is 1. The van der Waals surface area contributed by atoms with Crippen molar-refractivity contribution in [3.8, 4) is 11.5 Å². The molecule has 5 nitrogen and oxygen atoms in total. The average Bonchev–Trinajstić information content (AvgIpc) is 3.33. The van der Waals surface area contributed by atoms with Crippen LogP contribution in [0.5, 0.6) is 11.5 Å². The Bertz CT molecular complexity index is 753. The molecule has 1 aromatic heterocycles. The van der Waals surface area contributed by atoms with E-state index >= 15 is 0 Å². The van der Waals surface area contributed by atoms with Crippen LogP contribution >= 0.6 is 11.3 Å². The lowest BCUT2D eigenvalue weighted by Gasteiger charge is -2.17. The molecule has 0 bridgehead atoms. The molecule has 3 rings (SSSR count). The number of nitrogens with one attached hydrogen (secondary N) is 1. The summed E-state index contributed by atoms with van der Waals surface area (Å²) in [6, 6.07) is 5.27. The summed E-state index contributed by atoms with van der Waals surface area (Å²) in [5.41, 5.74) is 1.56. The van der Waals surface area contributed by atoms with Gasteiger partial charge in [-0.3, -0.25) is 4.79 Å². The number of aromatic nitrogens is 1. The van der Waals surface area contributed by atoms with E-state index in [1.807, 2.05) is 26.2 Å². The maximum Gasteiger partial charge on any atom is 0.251 e. The predicted octanol–water partition coefficient (Wildman–Crippen LogP) is 4.13. The molecule has 1 saturated carbocycles. The molecule has 1 aliphatic carbocycles. The molecule has 1 unspecified atom stereocenters. The van der Waals surface area contributed by atoms with Crippen molar-refractivity contribution in [2.45, 2.75) is 45.8 Å². The van der Waals surface area contributed by atoms with Crippen LogP contribution in [0.1, 0.15) is 53.8 Å². The number of hydrogen-bond donors (Lipinski definition) is 1. The summed E-state index contributed by atoms with van der Waals surface area (Å²) in [6.45, 7) is 5.89. The molecule has 1 aliphatic rings. The summed E-state index contributed by atoms with van der Waals surface area (Å²) in [5, 5.41) is 6.16. The van der Waals surface area contributed by atoms with Crippen molar-refractivity contribution in [3.05, 3.63) is 39.8 Å². The largest absolute Gasteiger partial charge is 0.493 e. The number of carbonyl (C=O) groups excluding carboxylic acids is 1. The fraction of sp³-hybridized carbons (Fsp3) is 0.474. The second kappa shape index (κ2) is 7.44. The fourth-order valence-electron chi connectivity index (χ4n) is 2.71. The molecule has 134 valence electrons. The molecule has 1 N–H and O–H groups in total. The molecular formula is C19H24N2O3S. The number of methoxy groups -OCH3 is 1. The zero-order valence-corrected chi connectivity index (χ0v) is 15.9. The number of rotatable bonds is 7. The van der Waals surface area contributed by atoms with E-state index in [0.29, 0.717) is 23.0 Å². The summed E-state index contributed by atoms with van der Waals surface area (Å²) in [6.07, 6.45) is 2.31. The lowest BCUT2D eigenvalue weighted by molar-refractivity contribution is 0.0931. The third kappa shape index (κ3) is 4.31. The molecule has 1 atom stereocenters. The van der Waals surface area contributed by atoms with Crippen LogP contribution in [0.25, 0.3) is 0 Å². The van der Waals surface area contributed by atoms with Crippen molar-refractivity contribution >= 4 is 17.2 Å². The van der Waals surface area contributed by atoms with Crippen LogP contribution in [0, 0.1) is 12.8 Å². The maximum absolute atomic E-state index is 12.7. The van der Waals surface area contributed by atoms with Gasteiger partial charge in [-0.2, -0.15) is 0 Å². The van der Waals surface area contributed by atoms with E-state index in [4.69, 9.17) is 9.47 Å². The Balaban J connectivity index is 1.77. The molecular weight excluding hydrogens is 336 g/mol. The molecule has 25 heavy (non-hydrogen) atoms. The molecule has 1 heterocycles. The standard InChI is InChI=1S/C19H24N2O3S/c1-11(2)24-15-8-7-14(9-16(15)23-4)18(22)21-17(13-5-6-13)19-20-12(3)10-25-19/h7-11,13,17H,5-6H2,1-4H3,(H,21,22). The molecule has 0 saturated heterocycles. The van der Waals surface area contributed by atoms with Gasteiger partial charge in [0.25, 0.3) is 5.91 Å². The SMILES string of the molecule is COc1cc(C(=O)NC(c2nc(C)cs2)C2CC2)ccc1OC(C)C. The van der Waals surface area contributed by atoms with Crippen LogP contribution in [0.3, 0.4) is 0 Å². The van der Waals surface area contributed by atoms with Crippen molar-refractivity contribution in [1.29, 1.82) is 0 Å². The van der Waals surface area contributed by atoms with Gasteiger partial charge < -0.3 is 14.8 Å². The summed E-state index contributed by atoms with van der Waals surface area (Å²) in [7, 11) is 1.58. The number of thiazole rings is 1. The first-order chi connectivity index (χ1) is 12.0. The highest BCUT2D eigenvalue weighted by atomic mass is 32.1.